The number of carbonyl (C=O) groups is 1. The van der Waals surface area contributed by atoms with Crippen molar-refractivity contribution in [1.29, 1.82) is 0 Å². The van der Waals surface area contributed by atoms with Gasteiger partial charge in [-0.1, -0.05) is 30.3 Å². The Labute approximate surface area is 176 Å². The zero-order valence-electron chi connectivity index (χ0n) is 17.4. The van der Waals surface area contributed by atoms with Gasteiger partial charge in [-0.25, -0.2) is 4.68 Å². The number of hydrogen-bond donors (Lipinski definition) is 1. The zero-order valence-corrected chi connectivity index (χ0v) is 17.4. The number of rotatable bonds is 6. The molecule has 1 N–H and O–H groups in total. The van der Waals surface area contributed by atoms with Gasteiger partial charge in [-0.3, -0.25) is 4.79 Å². The number of nitrogens with one attached hydrogen (secondary N) is 1. The van der Waals surface area contributed by atoms with Crippen LogP contribution in [-0.2, 0) is 10.2 Å². The average Bonchev–Trinajstić information content (AvgIpc) is 3.20. The van der Waals surface area contributed by atoms with Gasteiger partial charge in [-0.2, -0.15) is 5.10 Å². The third-order valence-corrected chi connectivity index (χ3v) is 5.86. The van der Waals surface area contributed by atoms with E-state index in [2.05, 4.69) is 22.5 Å². The maximum absolute atomic E-state index is 12.9. The predicted molar refractivity (Wildman–Crippen MR) is 115 cm³/mol. The Morgan fingerprint density at radius 1 is 1.13 bits per heavy atom. The van der Waals surface area contributed by atoms with Gasteiger partial charge in [0.25, 0.3) is 5.91 Å². The lowest BCUT2D eigenvalue weighted by Gasteiger charge is -2.38. The van der Waals surface area contributed by atoms with Crippen LogP contribution in [0.3, 0.4) is 0 Å². The number of carbonyl (C=O) groups excluding carboxylic acids is 1. The van der Waals surface area contributed by atoms with Crippen LogP contribution in [0.15, 0.2) is 60.7 Å². The Bertz CT molecular complexity index is 990. The smallest absolute Gasteiger partial charge is 0.271 e. The summed E-state index contributed by atoms with van der Waals surface area (Å²) < 4.78 is 12.7. The van der Waals surface area contributed by atoms with Crippen LogP contribution in [0.2, 0.25) is 0 Å². The van der Waals surface area contributed by atoms with E-state index in [0.717, 1.165) is 30.0 Å². The molecular weight excluding hydrogens is 378 g/mol. The number of ether oxygens (including phenoxy) is 2. The van der Waals surface area contributed by atoms with Crippen LogP contribution >= 0.6 is 0 Å². The number of amides is 1. The van der Waals surface area contributed by atoms with E-state index in [4.69, 9.17) is 9.47 Å². The van der Waals surface area contributed by atoms with Crippen LogP contribution in [0.4, 0.5) is 0 Å². The lowest BCUT2D eigenvalue weighted by molar-refractivity contribution is 0.0486. The van der Waals surface area contributed by atoms with E-state index in [9.17, 15) is 4.79 Å². The first-order valence-electron chi connectivity index (χ1n) is 10.2. The van der Waals surface area contributed by atoms with E-state index in [0.29, 0.717) is 25.5 Å². The maximum atomic E-state index is 12.9. The fourth-order valence-electron chi connectivity index (χ4n) is 4.03. The lowest BCUT2D eigenvalue weighted by atomic mass is 9.74. The Morgan fingerprint density at radius 3 is 2.50 bits per heavy atom. The van der Waals surface area contributed by atoms with E-state index >= 15 is 0 Å². The molecule has 0 unspecified atom stereocenters. The molecule has 0 spiro atoms. The Morgan fingerprint density at radius 2 is 1.83 bits per heavy atom. The molecule has 6 heteroatoms. The minimum absolute atomic E-state index is 0.156. The molecule has 1 aliphatic rings. The molecule has 0 bridgehead atoms. The van der Waals surface area contributed by atoms with Crippen LogP contribution in [0.25, 0.3) is 5.69 Å². The molecule has 4 rings (SSSR count). The fraction of sp³-hybridized carbons (Fsp3) is 0.333. The van der Waals surface area contributed by atoms with Crippen LogP contribution in [-0.4, -0.2) is 42.6 Å². The normalized spacial score (nSPS) is 15.5. The van der Waals surface area contributed by atoms with Crippen molar-refractivity contribution in [3.63, 3.8) is 0 Å². The molecule has 0 saturated carbocycles. The molecule has 6 nitrogen and oxygen atoms in total. The number of hydrogen-bond acceptors (Lipinski definition) is 4. The quantitative estimate of drug-likeness (QED) is 0.680. The van der Waals surface area contributed by atoms with Gasteiger partial charge < -0.3 is 14.8 Å². The van der Waals surface area contributed by atoms with Crippen molar-refractivity contribution >= 4 is 5.91 Å². The molecule has 1 aliphatic heterocycles. The largest absolute Gasteiger partial charge is 0.497 e. The van der Waals surface area contributed by atoms with Gasteiger partial charge in [0, 0.05) is 30.9 Å². The summed E-state index contributed by atoms with van der Waals surface area (Å²) in [4.78, 5) is 12.9. The first-order chi connectivity index (χ1) is 14.6. The monoisotopic (exact) mass is 405 g/mol. The Hall–Kier alpha value is -3.12. The number of methoxy groups -OCH3 is 1. The van der Waals surface area contributed by atoms with Crippen LogP contribution < -0.4 is 10.1 Å². The molecule has 1 fully saturated rings. The van der Waals surface area contributed by atoms with E-state index in [-0.39, 0.29) is 11.3 Å². The van der Waals surface area contributed by atoms with Gasteiger partial charge in [-0.05, 0) is 55.7 Å². The third kappa shape index (κ3) is 4.09. The van der Waals surface area contributed by atoms with Crippen molar-refractivity contribution in [3.8, 4) is 11.4 Å². The second-order valence-corrected chi connectivity index (χ2v) is 7.72. The molecule has 1 aromatic heterocycles. The molecule has 156 valence electrons. The average molecular weight is 405 g/mol. The van der Waals surface area contributed by atoms with Gasteiger partial charge in [0.05, 0.1) is 12.8 Å². The summed E-state index contributed by atoms with van der Waals surface area (Å²) in [6.45, 7) is 3.86. The highest BCUT2D eigenvalue weighted by molar-refractivity contribution is 5.92. The van der Waals surface area contributed by atoms with E-state index in [1.807, 2.05) is 55.5 Å². The molecule has 0 atom stereocenters. The number of aryl methyl sites for hydroxylation is 1. The minimum Gasteiger partial charge on any atom is -0.497 e. The number of nitrogens with zero attached hydrogens (tertiary/aromatic N) is 2. The summed E-state index contributed by atoms with van der Waals surface area (Å²) in [6.07, 6.45) is 1.72. The highest BCUT2D eigenvalue weighted by Crippen LogP contribution is 2.35. The minimum atomic E-state index is -0.160. The van der Waals surface area contributed by atoms with E-state index in [1.54, 1.807) is 11.8 Å². The summed E-state index contributed by atoms with van der Waals surface area (Å²) in [5.74, 6) is 0.666. The van der Waals surface area contributed by atoms with Crippen molar-refractivity contribution < 1.29 is 14.3 Å². The van der Waals surface area contributed by atoms with Crippen molar-refractivity contribution in [2.45, 2.75) is 25.2 Å². The molecule has 2 heterocycles. The summed E-state index contributed by atoms with van der Waals surface area (Å²) in [5.41, 5.74) is 3.32. The zero-order chi connectivity index (χ0) is 21.0. The van der Waals surface area contributed by atoms with Gasteiger partial charge in [0.2, 0.25) is 0 Å². The molecule has 2 aromatic carbocycles. The SMILES string of the molecule is COc1ccc(C2(CNC(=O)c3cc(C)n(-c4ccccc4)n3)CCOCC2)cc1. The van der Waals surface area contributed by atoms with Gasteiger partial charge in [-0.15, -0.1) is 0 Å². The van der Waals surface area contributed by atoms with Gasteiger partial charge in [0.15, 0.2) is 5.69 Å². The fourth-order valence-corrected chi connectivity index (χ4v) is 4.03. The van der Waals surface area contributed by atoms with Crippen molar-refractivity contribution in [1.82, 2.24) is 15.1 Å². The van der Waals surface area contributed by atoms with Crippen molar-refractivity contribution in [2.75, 3.05) is 26.9 Å². The maximum Gasteiger partial charge on any atom is 0.271 e. The van der Waals surface area contributed by atoms with Crippen molar-refractivity contribution in [2.24, 2.45) is 0 Å². The second kappa shape index (κ2) is 8.71. The van der Waals surface area contributed by atoms with Crippen LogP contribution in [0, 0.1) is 6.92 Å². The standard InChI is InChI=1S/C24H27N3O3/c1-18-16-22(26-27(18)20-6-4-3-5-7-20)23(28)25-17-24(12-14-30-15-13-24)19-8-10-21(29-2)11-9-19/h3-11,16H,12-15,17H2,1-2H3,(H,25,28). The topological polar surface area (TPSA) is 65.4 Å². The first kappa shape index (κ1) is 20.2. The molecule has 0 aliphatic carbocycles. The van der Waals surface area contributed by atoms with Crippen LogP contribution in [0.5, 0.6) is 5.75 Å². The Balaban J connectivity index is 1.52. The molecule has 1 saturated heterocycles. The third-order valence-electron chi connectivity index (χ3n) is 5.86. The number of aromatic nitrogens is 2. The molecular formula is C24H27N3O3. The highest BCUT2D eigenvalue weighted by Gasteiger charge is 2.35. The van der Waals surface area contributed by atoms with Crippen molar-refractivity contribution in [3.05, 3.63) is 77.6 Å². The second-order valence-electron chi connectivity index (χ2n) is 7.72. The Kier molecular flexibility index (Phi) is 5.86. The summed E-state index contributed by atoms with van der Waals surface area (Å²) >= 11 is 0. The molecule has 30 heavy (non-hydrogen) atoms. The molecule has 1 amide bonds. The predicted octanol–water partition coefficient (Wildman–Crippen LogP) is 3.67. The van der Waals surface area contributed by atoms with E-state index in [1.165, 1.54) is 5.56 Å². The summed E-state index contributed by atoms with van der Waals surface area (Å²) in [5, 5.41) is 7.65. The summed E-state index contributed by atoms with van der Waals surface area (Å²) in [6, 6.07) is 19.8. The van der Waals surface area contributed by atoms with Gasteiger partial charge in [0.1, 0.15) is 5.75 Å². The molecule has 0 radical (unpaired) electrons. The first-order valence-corrected chi connectivity index (χ1v) is 10.2. The van der Waals surface area contributed by atoms with Gasteiger partial charge >= 0.3 is 0 Å². The number of benzene rings is 2. The highest BCUT2D eigenvalue weighted by atomic mass is 16.5. The summed E-state index contributed by atoms with van der Waals surface area (Å²) in [7, 11) is 1.66. The van der Waals surface area contributed by atoms with Crippen LogP contribution in [0.1, 0.15) is 34.6 Å². The van der Waals surface area contributed by atoms with E-state index < -0.39 is 0 Å². The molecule has 3 aromatic rings. The number of para-hydroxylation sites is 1. The lowest BCUT2D eigenvalue weighted by Crippen LogP contribution is -2.44.